The summed E-state index contributed by atoms with van der Waals surface area (Å²) in [6, 6.07) is 11.0. The third-order valence-electron chi connectivity index (χ3n) is 3.20. The SMILES string of the molecule is CCC(=O)Nc1cc(C(=O)NCC(C)C)nn1-c1ccccc1. The highest BCUT2D eigenvalue weighted by Gasteiger charge is 2.16. The molecule has 0 saturated carbocycles. The van der Waals surface area contributed by atoms with Crippen LogP contribution in [0, 0.1) is 5.92 Å². The predicted molar refractivity (Wildman–Crippen MR) is 89.7 cm³/mol. The summed E-state index contributed by atoms with van der Waals surface area (Å²) < 4.78 is 1.57. The molecule has 6 heteroatoms. The third-order valence-corrected chi connectivity index (χ3v) is 3.20. The number of anilines is 1. The molecule has 122 valence electrons. The third kappa shape index (κ3) is 4.42. The van der Waals surface area contributed by atoms with Crippen LogP contribution in [0.1, 0.15) is 37.7 Å². The van der Waals surface area contributed by atoms with Gasteiger partial charge in [0.1, 0.15) is 5.82 Å². The van der Waals surface area contributed by atoms with Crippen molar-refractivity contribution in [2.45, 2.75) is 27.2 Å². The van der Waals surface area contributed by atoms with Crippen molar-refractivity contribution in [3.63, 3.8) is 0 Å². The van der Waals surface area contributed by atoms with Crippen LogP contribution < -0.4 is 10.6 Å². The van der Waals surface area contributed by atoms with Gasteiger partial charge in [0, 0.05) is 19.0 Å². The maximum atomic E-state index is 12.2. The summed E-state index contributed by atoms with van der Waals surface area (Å²) in [4.78, 5) is 23.9. The molecule has 23 heavy (non-hydrogen) atoms. The van der Waals surface area contributed by atoms with E-state index in [-0.39, 0.29) is 17.5 Å². The van der Waals surface area contributed by atoms with Crippen molar-refractivity contribution in [2.24, 2.45) is 5.92 Å². The molecule has 2 rings (SSSR count). The fourth-order valence-corrected chi connectivity index (χ4v) is 1.97. The van der Waals surface area contributed by atoms with Gasteiger partial charge in [-0.05, 0) is 18.1 Å². The number of carbonyl (C=O) groups excluding carboxylic acids is 2. The van der Waals surface area contributed by atoms with E-state index in [0.717, 1.165) is 5.69 Å². The highest BCUT2D eigenvalue weighted by Crippen LogP contribution is 2.17. The minimum Gasteiger partial charge on any atom is -0.350 e. The first kappa shape index (κ1) is 16.7. The molecule has 2 aromatic rings. The second-order valence-corrected chi connectivity index (χ2v) is 5.67. The molecule has 0 aliphatic carbocycles. The lowest BCUT2D eigenvalue weighted by atomic mass is 10.2. The fourth-order valence-electron chi connectivity index (χ4n) is 1.97. The topological polar surface area (TPSA) is 76.0 Å². The lowest BCUT2D eigenvalue weighted by Gasteiger charge is -2.07. The zero-order valence-electron chi connectivity index (χ0n) is 13.7. The number of hydrogen-bond acceptors (Lipinski definition) is 3. The second kappa shape index (κ2) is 7.58. The maximum Gasteiger partial charge on any atom is 0.271 e. The Morgan fingerprint density at radius 2 is 1.91 bits per heavy atom. The molecular weight excluding hydrogens is 292 g/mol. The molecule has 2 N–H and O–H groups in total. The smallest absolute Gasteiger partial charge is 0.271 e. The van der Waals surface area contributed by atoms with Crippen LogP contribution in [0.2, 0.25) is 0 Å². The van der Waals surface area contributed by atoms with Gasteiger partial charge < -0.3 is 10.6 Å². The number of amides is 2. The van der Waals surface area contributed by atoms with Gasteiger partial charge in [-0.25, -0.2) is 4.68 Å². The fraction of sp³-hybridized carbons (Fsp3) is 0.353. The molecule has 0 fully saturated rings. The number of para-hydroxylation sites is 1. The van der Waals surface area contributed by atoms with Crippen LogP contribution in [0.3, 0.4) is 0 Å². The van der Waals surface area contributed by atoms with E-state index in [1.807, 2.05) is 44.2 Å². The summed E-state index contributed by atoms with van der Waals surface area (Å²) in [6.07, 6.45) is 0.356. The summed E-state index contributed by atoms with van der Waals surface area (Å²) in [6.45, 7) is 6.40. The molecular formula is C17H22N4O2. The van der Waals surface area contributed by atoms with Gasteiger partial charge in [-0.15, -0.1) is 0 Å². The molecule has 6 nitrogen and oxygen atoms in total. The van der Waals surface area contributed by atoms with E-state index in [2.05, 4.69) is 15.7 Å². The Kier molecular flexibility index (Phi) is 5.51. The molecule has 0 unspecified atom stereocenters. The second-order valence-electron chi connectivity index (χ2n) is 5.67. The Hall–Kier alpha value is -2.63. The van der Waals surface area contributed by atoms with Crippen LogP contribution in [0.4, 0.5) is 5.82 Å². The van der Waals surface area contributed by atoms with Gasteiger partial charge in [-0.3, -0.25) is 9.59 Å². The predicted octanol–water partition coefficient (Wildman–Crippen LogP) is 2.61. The van der Waals surface area contributed by atoms with E-state index in [1.54, 1.807) is 17.7 Å². The number of rotatable bonds is 6. The lowest BCUT2D eigenvalue weighted by Crippen LogP contribution is -2.27. The van der Waals surface area contributed by atoms with Gasteiger partial charge in [-0.1, -0.05) is 39.0 Å². The van der Waals surface area contributed by atoms with Crippen molar-refractivity contribution in [2.75, 3.05) is 11.9 Å². The molecule has 1 aromatic carbocycles. The Bertz CT molecular complexity index is 677. The first-order valence-electron chi connectivity index (χ1n) is 7.74. The molecule has 1 heterocycles. The van der Waals surface area contributed by atoms with Crippen molar-refractivity contribution >= 4 is 17.6 Å². The molecule has 0 atom stereocenters. The van der Waals surface area contributed by atoms with Crippen LogP contribution in [-0.4, -0.2) is 28.1 Å². The first-order chi connectivity index (χ1) is 11.0. The van der Waals surface area contributed by atoms with Crippen molar-refractivity contribution < 1.29 is 9.59 Å². The van der Waals surface area contributed by atoms with Gasteiger partial charge in [0.05, 0.1) is 5.69 Å². The quantitative estimate of drug-likeness (QED) is 0.860. The maximum absolute atomic E-state index is 12.2. The number of nitrogens with zero attached hydrogens (tertiary/aromatic N) is 2. The van der Waals surface area contributed by atoms with Crippen LogP contribution in [0.5, 0.6) is 0 Å². The van der Waals surface area contributed by atoms with E-state index < -0.39 is 0 Å². The first-order valence-corrected chi connectivity index (χ1v) is 7.74. The highest BCUT2D eigenvalue weighted by atomic mass is 16.2. The van der Waals surface area contributed by atoms with Gasteiger partial charge in [0.25, 0.3) is 5.91 Å². The molecule has 0 saturated heterocycles. The molecule has 0 bridgehead atoms. The molecule has 0 aliphatic heterocycles. The zero-order chi connectivity index (χ0) is 16.8. The number of nitrogens with one attached hydrogen (secondary N) is 2. The van der Waals surface area contributed by atoms with E-state index in [9.17, 15) is 9.59 Å². The molecule has 1 aromatic heterocycles. The summed E-state index contributed by atoms with van der Waals surface area (Å²) in [5.74, 6) is 0.462. The van der Waals surface area contributed by atoms with Gasteiger partial charge >= 0.3 is 0 Å². The van der Waals surface area contributed by atoms with Crippen LogP contribution in [0.15, 0.2) is 36.4 Å². The van der Waals surface area contributed by atoms with Crippen molar-refractivity contribution in [1.29, 1.82) is 0 Å². The summed E-state index contributed by atoms with van der Waals surface area (Å²) in [5.41, 5.74) is 1.06. The summed E-state index contributed by atoms with van der Waals surface area (Å²) in [5, 5.41) is 9.95. The monoisotopic (exact) mass is 314 g/mol. The minimum absolute atomic E-state index is 0.129. The number of carbonyl (C=O) groups is 2. The van der Waals surface area contributed by atoms with E-state index in [1.165, 1.54) is 0 Å². The summed E-state index contributed by atoms with van der Waals surface area (Å²) in [7, 11) is 0. The van der Waals surface area contributed by atoms with Crippen LogP contribution >= 0.6 is 0 Å². The Labute approximate surface area is 135 Å². The van der Waals surface area contributed by atoms with Crippen LogP contribution in [0.25, 0.3) is 5.69 Å². The molecule has 2 amide bonds. The Morgan fingerprint density at radius 3 is 2.52 bits per heavy atom. The van der Waals surface area contributed by atoms with Gasteiger partial charge in [0.15, 0.2) is 5.69 Å². The highest BCUT2D eigenvalue weighted by molar-refractivity contribution is 5.95. The van der Waals surface area contributed by atoms with E-state index in [0.29, 0.717) is 24.7 Å². The van der Waals surface area contributed by atoms with Gasteiger partial charge in [0.2, 0.25) is 5.91 Å². The van der Waals surface area contributed by atoms with E-state index in [4.69, 9.17) is 0 Å². The van der Waals surface area contributed by atoms with Crippen molar-refractivity contribution in [1.82, 2.24) is 15.1 Å². The molecule has 0 radical (unpaired) electrons. The normalized spacial score (nSPS) is 10.6. The number of aromatic nitrogens is 2. The van der Waals surface area contributed by atoms with Crippen molar-refractivity contribution in [3.8, 4) is 5.69 Å². The number of hydrogen-bond donors (Lipinski definition) is 2. The molecule has 0 spiro atoms. The lowest BCUT2D eigenvalue weighted by molar-refractivity contribution is -0.115. The standard InChI is InChI=1S/C17H22N4O2/c1-4-16(22)19-15-10-14(17(23)18-11-12(2)3)20-21(15)13-8-6-5-7-9-13/h5-10,12H,4,11H2,1-3H3,(H,18,23)(H,19,22). The Balaban J connectivity index is 2.32. The van der Waals surface area contributed by atoms with Gasteiger partial charge in [-0.2, -0.15) is 5.10 Å². The van der Waals surface area contributed by atoms with Crippen LogP contribution in [-0.2, 0) is 4.79 Å². The average Bonchev–Trinajstić information content (AvgIpc) is 2.97. The largest absolute Gasteiger partial charge is 0.350 e. The van der Waals surface area contributed by atoms with Crippen molar-refractivity contribution in [3.05, 3.63) is 42.1 Å². The summed E-state index contributed by atoms with van der Waals surface area (Å²) >= 11 is 0. The molecule has 0 aliphatic rings. The minimum atomic E-state index is -0.250. The zero-order valence-corrected chi connectivity index (χ0v) is 13.7. The Morgan fingerprint density at radius 1 is 1.22 bits per heavy atom. The number of benzene rings is 1. The van der Waals surface area contributed by atoms with E-state index >= 15 is 0 Å². The average molecular weight is 314 g/mol.